The molecule has 0 atom stereocenters. The Morgan fingerprint density at radius 2 is 2.05 bits per heavy atom. The molecule has 5 heteroatoms. The van der Waals surface area contributed by atoms with E-state index in [-0.39, 0.29) is 6.61 Å². The standard InChI is InChI=1S/C15H22ClNO3/c1-11(2)17(4-3-5-18)10-12-8-13(16)15-14(9-12)19-6-7-20-15/h8-9,11,18H,3-7,10H2,1-2H3. The van der Waals surface area contributed by atoms with Crippen LogP contribution in [0.15, 0.2) is 12.1 Å². The first-order valence-electron chi connectivity index (χ1n) is 7.04. The molecule has 0 radical (unpaired) electrons. The van der Waals surface area contributed by atoms with E-state index in [0.717, 1.165) is 30.8 Å². The molecule has 0 spiro atoms. The Labute approximate surface area is 125 Å². The molecule has 20 heavy (non-hydrogen) atoms. The number of fused-ring (bicyclic) bond motifs is 1. The number of ether oxygens (including phenoxy) is 2. The first-order chi connectivity index (χ1) is 9.61. The molecular weight excluding hydrogens is 278 g/mol. The molecule has 0 saturated carbocycles. The monoisotopic (exact) mass is 299 g/mol. The second-order valence-electron chi connectivity index (χ2n) is 5.24. The van der Waals surface area contributed by atoms with Crippen LogP contribution in [-0.2, 0) is 6.54 Å². The van der Waals surface area contributed by atoms with E-state index in [2.05, 4.69) is 18.7 Å². The van der Waals surface area contributed by atoms with Gasteiger partial charge in [-0.3, -0.25) is 4.90 Å². The van der Waals surface area contributed by atoms with Gasteiger partial charge in [0.1, 0.15) is 13.2 Å². The van der Waals surface area contributed by atoms with Crippen molar-refractivity contribution in [1.82, 2.24) is 4.90 Å². The van der Waals surface area contributed by atoms with E-state index in [0.29, 0.717) is 30.0 Å². The summed E-state index contributed by atoms with van der Waals surface area (Å²) in [4.78, 5) is 2.30. The number of benzene rings is 1. The fourth-order valence-corrected chi connectivity index (χ4v) is 2.57. The fourth-order valence-electron chi connectivity index (χ4n) is 2.28. The van der Waals surface area contributed by atoms with Crippen molar-refractivity contribution in [2.75, 3.05) is 26.4 Å². The van der Waals surface area contributed by atoms with Gasteiger partial charge in [0.05, 0.1) is 5.02 Å². The minimum atomic E-state index is 0.213. The summed E-state index contributed by atoms with van der Waals surface area (Å²) in [5.74, 6) is 1.37. The smallest absolute Gasteiger partial charge is 0.179 e. The average Bonchev–Trinajstić information content (AvgIpc) is 2.43. The molecule has 1 aliphatic heterocycles. The van der Waals surface area contributed by atoms with E-state index in [1.165, 1.54) is 0 Å². The third-order valence-corrected chi connectivity index (χ3v) is 3.66. The van der Waals surface area contributed by atoms with Gasteiger partial charge in [-0.05, 0) is 38.0 Å². The minimum Gasteiger partial charge on any atom is -0.486 e. The highest BCUT2D eigenvalue weighted by molar-refractivity contribution is 6.32. The number of hydrogen-bond donors (Lipinski definition) is 1. The first-order valence-corrected chi connectivity index (χ1v) is 7.42. The van der Waals surface area contributed by atoms with Crippen LogP contribution in [0.4, 0.5) is 0 Å². The molecule has 2 rings (SSSR count). The molecule has 1 aromatic carbocycles. The van der Waals surface area contributed by atoms with Gasteiger partial charge in [0, 0.05) is 25.7 Å². The molecule has 0 amide bonds. The number of rotatable bonds is 6. The maximum Gasteiger partial charge on any atom is 0.179 e. The summed E-state index contributed by atoms with van der Waals surface area (Å²) >= 11 is 6.25. The van der Waals surface area contributed by atoms with Crippen LogP contribution in [0.5, 0.6) is 11.5 Å². The van der Waals surface area contributed by atoms with E-state index < -0.39 is 0 Å². The lowest BCUT2D eigenvalue weighted by molar-refractivity contribution is 0.169. The maximum absolute atomic E-state index is 8.98. The highest BCUT2D eigenvalue weighted by Gasteiger charge is 2.18. The Balaban J connectivity index is 2.13. The van der Waals surface area contributed by atoms with Crippen molar-refractivity contribution in [3.8, 4) is 11.5 Å². The van der Waals surface area contributed by atoms with Crippen molar-refractivity contribution in [2.24, 2.45) is 0 Å². The van der Waals surface area contributed by atoms with E-state index in [4.69, 9.17) is 26.2 Å². The minimum absolute atomic E-state index is 0.213. The molecule has 4 nitrogen and oxygen atoms in total. The largest absolute Gasteiger partial charge is 0.486 e. The summed E-state index contributed by atoms with van der Waals surface area (Å²) in [6.07, 6.45) is 0.774. The van der Waals surface area contributed by atoms with E-state index in [9.17, 15) is 0 Å². The molecule has 1 aliphatic rings. The van der Waals surface area contributed by atoms with Crippen LogP contribution in [0.2, 0.25) is 5.02 Å². The Morgan fingerprint density at radius 1 is 1.30 bits per heavy atom. The Bertz CT molecular complexity index is 451. The summed E-state index contributed by atoms with van der Waals surface area (Å²) < 4.78 is 11.1. The normalized spacial score (nSPS) is 14.1. The number of aliphatic hydroxyl groups is 1. The molecule has 1 heterocycles. The molecule has 0 saturated heterocycles. The van der Waals surface area contributed by atoms with E-state index >= 15 is 0 Å². The van der Waals surface area contributed by atoms with Gasteiger partial charge in [-0.1, -0.05) is 11.6 Å². The Morgan fingerprint density at radius 3 is 2.75 bits per heavy atom. The third-order valence-electron chi connectivity index (χ3n) is 3.38. The Kier molecular flexibility index (Phi) is 5.52. The van der Waals surface area contributed by atoms with Crippen molar-refractivity contribution in [3.05, 3.63) is 22.7 Å². The van der Waals surface area contributed by atoms with Gasteiger partial charge < -0.3 is 14.6 Å². The quantitative estimate of drug-likeness (QED) is 0.877. The van der Waals surface area contributed by atoms with Gasteiger partial charge in [-0.15, -0.1) is 0 Å². The van der Waals surface area contributed by atoms with Crippen LogP contribution in [0.1, 0.15) is 25.8 Å². The highest BCUT2D eigenvalue weighted by Crippen LogP contribution is 2.38. The van der Waals surface area contributed by atoms with Crippen molar-refractivity contribution < 1.29 is 14.6 Å². The summed E-state index contributed by atoms with van der Waals surface area (Å²) in [6.45, 7) is 7.26. The van der Waals surface area contributed by atoms with Gasteiger partial charge in [-0.2, -0.15) is 0 Å². The summed E-state index contributed by atoms with van der Waals surface area (Å²) in [5.41, 5.74) is 1.10. The van der Waals surface area contributed by atoms with E-state index in [1.807, 2.05) is 12.1 Å². The predicted octanol–water partition coefficient (Wildman–Crippen LogP) is 2.70. The number of aliphatic hydroxyl groups excluding tert-OH is 1. The van der Waals surface area contributed by atoms with Gasteiger partial charge in [0.2, 0.25) is 0 Å². The molecule has 0 aromatic heterocycles. The first kappa shape index (κ1) is 15.4. The fraction of sp³-hybridized carbons (Fsp3) is 0.600. The van der Waals surface area contributed by atoms with E-state index in [1.54, 1.807) is 0 Å². The SMILES string of the molecule is CC(C)N(CCCO)Cc1cc(Cl)c2c(c1)OCCO2. The van der Waals surface area contributed by atoms with Crippen LogP contribution < -0.4 is 9.47 Å². The average molecular weight is 300 g/mol. The molecule has 112 valence electrons. The van der Waals surface area contributed by atoms with Crippen LogP contribution in [0, 0.1) is 0 Å². The topological polar surface area (TPSA) is 41.9 Å². The molecule has 0 unspecified atom stereocenters. The lowest BCUT2D eigenvalue weighted by Gasteiger charge is -2.27. The van der Waals surface area contributed by atoms with Crippen molar-refractivity contribution in [2.45, 2.75) is 32.9 Å². The molecule has 0 aliphatic carbocycles. The lowest BCUT2D eigenvalue weighted by atomic mass is 10.1. The van der Waals surface area contributed by atoms with Crippen LogP contribution >= 0.6 is 11.6 Å². The number of nitrogens with zero attached hydrogens (tertiary/aromatic N) is 1. The molecule has 0 bridgehead atoms. The van der Waals surface area contributed by atoms with Gasteiger partial charge in [0.15, 0.2) is 11.5 Å². The lowest BCUT2D eigenvalue weighted by Crippen LogP contribution is -2.31. The number of halogens is 1. The van der Waals surface area contributed by atoms with Gasteiger partial charge in [0.25, 0.3) is 0 Å². The van der Waals surface area contributed by atoms with Crippen molar-refractivity contribution in [1.29, 1.82) is 0 Å². The van der Waals surface area contributed by atoms with Crippen LogP contribution in [-0.4, -0.2) is 42.4 Å². The molecule has 1 N–H and O–H groups in total. The number of hydrogen-bond acceptors (Lipinski definition) is 4. The van der Waals surface area contributed by atoms with Gasteiger partial charge in [-0.25, -0.2) is 0 Å². The zero-order valence-corrected chi connectivity index (χ0v) is 12.8. The summed E-state index contributed by atoms with van der Waals surface area (Å²) in [6, 6.07) is 4.34. The maximum atomic E-state index is 8.98. The zero-order chi connectivity index (χ0) is 14.5. The van der Waals surface area contributed by atoms with Crippen molar-refractivity contribution >= 4 is 11.6 Å². The summed E-state index contributed by atoms with van der Waals surface area (Å²) in [7, 11) is 0. The van der Waals surface area contributed by atoms with Crippen LogP contribution in [0.25, 0.3) is 0 Å². The second kappa shape index (κ2) is 7.16. The highest BCUT2D eigenvalue weighted by atomic mass is 35.5. The summed E-state index contributed by atoms with van der Waals surface area (Å²) in [5, 5.41) is 9.58. The predicted molar refractivity (Wildman–Crippen MR) is 79.7 cm³/mol. The van der Waals surface area contributed by atoms with Gasteiger partial charge >= 0.3 is 0 Å². The zero-order valence-electron chi connectivity index (χ0n) is 12.1. The van der Waals surface area contributed by atoms with Crippen molar-refractivity contribution in [3.63, 3.8) is 0 Å². The molecule has 1 aromatic rings. The van der Waals surface area contributed by atoms with Crippen LogP contribution in [0.3, 0.4) is 0 Å². The third kappa shape index (κ3) is 3.78. The molecular formula is C15H22ClNO3. The molecule has 0 fully saturated rings. The Hall–Kier alpha value is -0.970. The second-order valence-corrected chi connectivity index (χ2v) is 5.65.